The summed E-state index contributed by atoms with van der Waals surface area (Å²) in [4.78, 5) is 14.2. The van der Waals surface area contributed by atoms with Gasteiger partial charge in [-0.1, -0.05) is 13.0 Å². The fourth-order valence-corrected chi connectivity index (χ4v) is 4.53. The smallest absolute Gasteiger partial charge is 0.232 e. The molecule has 9 nitrogen and oxygen atoms in total. The molecule has 0 amide bonds. The highest BCUT2D eigenvalue weighted by atomic mass is 32.1. The first-order chi connectivity index (χ1) is 16.1. The van der Waals surface area contributed by atoms with E-state index < -0.39 is 0 Å². The van der Waals surface area contributed by atoms with Crippen molar-refractivity contribution in [1.82, 2.24) is 15.3 Å². The molecule has 0 saturated carbocycles. The van der Waals surface area contributed by atoms with Crippen molar-refractivity contribution in [3.05, 3.63) is 29.8 Å². The molecular weight excluding hydrogens is 440 g/mol. The second-order valence-electron chi connectivity index (χ2n) is 8.70. The summed E-state index contributed by atoms with van der Waals surface area (Å²) in [6, 6.07) is 7.96. The molecule has 0 spiro atoms. The monoisotopic (exact) mass is 470 g/mol. The Morgan fingerprint density at radius 2 is 1.85 bits per heavy atom. The molecule has 176 valence electrons. The molecule has 0 bridgehead atoms. The van der Waals surface area contributed by atoms with E-state index in [-0.39, 0.29) is 6.79 Å². The molecule has 1 unspecified atom stereocenters. The summed E-state index contributed by atoms with van der Waals surface area (Å²) in [5.41, 5.74) is 1.05. The Bertz CT molecular complexity index is 1000. The standard InChI is InChI=1S/C23H30N6O3S/c1-16-3-2-6-29(14-16)21-12-20(28-7-9-30-10-8-28)25-22(26-21)27-23(33)24-13-17-4-5-18-19(11-17)32-15-31-18/h4-5,11-12,16H,2-3,6-10,13-15H2,1H3,(H2,24,25,26,27,33). The summed E-state index contributed by atoms with van der Waals surface area (Å²) < 4.78 is 16.3. The maximum absolute atomic E-state index is 5.55. The Hall–Kier alpha value is -2.85. The molecule has 2 fully saturated rings. The van der Waals surface area contributed by atoms with Gasteiger partial charge < -0.3 is 34.6 Å². The second kappa shape index (κ2) is 9.96. The molecule has 5 rings (SSSR count). The number of nitrogens with one attached hydrogen (secondary N) is 2. The SMILES string of the molecule is CC1CCCN(c2cc(N3CCOCC3)nc(NC(=S)NCc3ccc4c(c3)OCO4)n2)C1. The minimum atomic E-state index is 0.265. The van der Waals surface area contributed by atoms with Gasteiger partial charge in [0.05, 0.1) is 13.2 Å². The molecule has 2 saturated heterocycles. The minimum absolute atomic E-state index is 0.265. The number of rotatable bonds is 5. The largest absolute Gasteiger partial charge is 0.454 e. The van der Waals surface area contributed by atoms with Crippen LogP contribution in [0, 0.1) is 5.92 Å². The van der Waals surface area contributed by atoms with Crippen LogP contribution in [0.4, 0.5) is 17.6 Å². The average Bonchev–Trinajstić information content (AvgIpc) is 3.31. The van der Waals surface area contributed by atoms with Crippen molar-refractivity contribution >= 4 is 34.9 Å². The van der Waals surface area contributed by atoms with Crippen LogP contribution in [0.3, 0.4) is 0 Å². The van der Waals surface area contributed by atoms with Crippen LogP contribution in [0.25, 0.3) is 0 Å². The molecule has 2 N–H and O–H groups in total. The van der Waals surface area contributed by atoms with Gasteiger partial charge in [-0.05, 0) is 48.7 Å². The van der Waals surface area contributed by atoms with Crippen LogP contribution >= 0.6 is 12.2 Å². The summed E-state index contributed by atoms with van der Waals surface area (Å²) in [5, 5.41) is 6.91. The second-order valence-corrected chi connectivity index (χ2v) is 9.10. The summed E-state index contributed by atoms with van der Waals surface area (Å²) >= 11 is 5.55. The van der Waals surface area contributed by atoms with E-state index in [2.05, 4.69) is 33.4 Å². The quantitative estimate of drug-likeness (QED) is 0.637. The molecule has 1 aromatic carbocycles. The summed E-state index contributed by atoms with van der Waals surface area (Å²) in [6.07, 6.45) is 2.44. The van der Waals surface area contributed by atoms with Gasteiger partial charge in [0.15, 0.2) is 16.6 Å². The maximum atomic E-state index is 5.55. The number of hydrogen-bond donors (Lipinski definition) is 2. The number of thiocarbonyl (C=S) groups is 1. The van der Waals surface area contributed by atoms with Crippen LogP contribution in [0.5, 0.6) is 11.5 Å². The van der Waals surface area contributed by atoms with E-state index in [4.69, 9.17) is 36.4 Å². The normalized spacial score (nSPS) is 20.0. The molecule has 4 heterocycles. The maximum Gasteiger partial charge on any atom is 0.232 e. The summed E-state index contributed by atoms with van der Waals surface area (Å²) in [6.45, 7) is 8.19. The van der Waals surface area contributed by atoms with Crippen LogP contribution in [-0.4, -0.2) is 61.3 Å². The first-order valence-corrected chi connectivity index (χ1v) is 11.9. The van der Waals surface area contributed by atoms with Crippen molar-refractivity contribution in [3.8, 4) is 11.5 Å². The number of nitrogens with zero attached hydrogens (tertiary/aromatic N) is 4. The fraction of sp³-hybridized carbons (Fsp3) is 0.522. The summed E-state index contributed by atoms with van der Waals surface area (Å²) in [7, 11) is 0. The lowest BCUT2D eigenvalue weighted by Crippen LogP contribution is -2.38. The van der Waals surface area contributed by atoms with Crippen LogP contribution in [0.2, 0.25) is 0 Å². The minimum Gasteiger partial charge on any atom is -0.454 e. The lowest BCUT2D eigenvalue weighted by Gasteiger charge is -2.33. The number of piperidine rings is 1. The van der Waals surface area contributed by atoms with Crippen molar-refractivity contribution in [2.75, 3.05) is 61.3 Å². The topological polar surface area (TPSA) is 84.0 Å². The number of morpholine rings is 1. The number of benzene rings is 1. The van der Waals surface area contributed by atoms with E-state index in [1.807, 2.05) is 18.2 Å². The van der Waals surface area contributed by atoms with Crippen LogP contribution in [0.15, 0.2) is 24.3 Å². The van der Waals surface area contributed by atoms with Gasteiger partial charge in [-0.2, -0.15) is 9.97 Å². The number of anilines is 3. The first kappa shape index (κ1) is 22.0. The zero-order valence-electron chi connectivity index (χ0n) is 18.9. The van der Waals surface area contributed by atoms with Crippen LogP contribution in [0.1, 0.15) is 25.3 Å². The third kappa shape index (κ3) is 5.39. The zero-order chi connectivity index (χ0) is 22.6. The number of hydrogen-bond acceptors (Lipinski definition) is 8. The predicted octanol–water partition coefficient (Wildman–Crippen LogP) is 2.76. The Kier molecular flexibility index (Phi) is 6.63. The predicted molar refractivity (Wildman–Crippen MR) is 131 cm³/mol. The van der Waals surface area contributed by atoms with Gasteiger partial charge in [0.25, 0.3) is 0 Å². The van der Waals surface area contributed by atoms with Gasteiger partial charge in [-0.25, -0.2) is 0 Å². The van der Waals surface area contributed by atoms with Gasteiger partial charge in [0.2, 0.25) is 12.7 Å². The Morgan fingerprint density at radius 1 is 1.06 bits per heavy atom. The summed E-state index contributed by atoms with van der Waals surface area (Å²) in [5.74, 6) is 4.54. The van der Waals surface area contributed by atoms with E-state index >= 15 is 0 Å². The lowest BCUT2D eigenvalue weighted by atomic mass is 10.0. The van der Waals surface area contributed by atoms with E-state index in [0.29, 0.717) is 36.7 Å². The third-order valence-electron chi connectivity index (χ3n) is 6.13. The average molecular weight is 471 g/mol. The van der Waals surface area contributed by atoms with Gasteiger partial charge in [-0.15, -0.1) is 0 Å². The molecule has 0 aliphatic carbocycles. The van der Waals surface area contributed by atoms with Gasteiger partial charge >= 0.3 is 0 Å². The number of aromatic nitrogens is 2. The zero-order valence-corrected chi connectivity index (χ0v) is 19.7. The Balaban J connectivity index is 1.29. The van der Waals surface area contributed by atoms with E-state index in [1.54, 1.807) is 0 Å². The molecule has 2 aromatic rings. The van der Waals surface area contributed by atoms with E-state index in [1.165, 1.54) is 12.8 Å². The molecule has 10 heteroatoms. The molecule has 0 radical (unpaired) electrons. The van der Waals surface area contributed by atoms with E-state index in [9.17, 15) is 0 Å². The highest BCUT2D eigenvalue weighted by molar-refractivity contribution is 7.80. The van der Waals surface area contributed by atoms with Crippen LogP contribution < -0.4 is 29.9 Å². The molecule has 3 aliphatic rings. The number of ether oxygens (including phenoxy) is 3. The Morgan fingerprint density at radius 3 is 2.67 bits per heavy atom. The number of fused-ring (bicyclic) bond motifs is 1. The molecule has 33 heavy (non-hydrogen) atoms. The van der Waals surface area contributed by atoms with Crippen LogP contribution in [-0.2, 0) is 11.3 Å². The van der Waals surface area contributed by atoms with Crippen molar-refractivity contribution in [2.24, 2.45) is 5.92 Å². The van der Waals surface area contributed by atoms with Crippen molar-refractivity contribution in [3.63, 3.8) is 0 Å². The lowest BCUT2D eigenvalue weighted by molar-refractivity contribution is 0.122. The van der Waals surface area contributed by atoms with Gasteiger partial charge in [0.1, 0.15) is 11.6 Å². The van der Waals surface area contributed by atoms with E-state index in [0.717, 1.165) is 54.9 Å². The fourth-order valence-electron chi connectivity index (χ4n) is 4.37. The van der Waals surface area contributed by atoms with Crippen molar-refractivity contribution in [1.29, 1.82) is 0 Å². The molecule has 1 aromatic heterocycles. The third-order valence-corrected chi connectivity index (χ3v) is 6.38. The highest BCUT2D eigenvalue weighted by Crippen LogP contribution is 2.32. The highest BCUT2D eigenvalue weighted by Gasteiger charge is 2.22. The molecular formula is C23H30N6O3S. The van der Waals surface area contributed by atoms with Crippen molar-refractivity contribution in [2.45, 2.75) is 26.3 Å². The molecule has 3 aliphatic heterocycles. The van der Waals surface area contributed by atoms with Gasteiger partial charge in [0, 0.05) is 38.8 Å². The Labute approximate surface area is 199 Å². The first-order valence-electron chi connectivity index (χ1n) is 11.5. The molecule has 1 atom stereocenters. The van der Waals surface area contributed by atoms with Crippen molar-refractivity contribution < 1.29 is 14.2 Å². The van der Waals surface area contributed by atoms with Gasteiger partial charge in [-0.3, -0.25) is 0 Å².